The number of hydrogen-bond acceptors (Lipinski definition) is 5. The molecule has 0 aromatic heterocycles. The van der Waals surface area contributed by atoms with Crippen molar-refractivity contribution in [3.63, 3.8) is 0 Å². The summed E-state index contributed by atoms with van der Waals surface area (Å²) in [6.07, 6.45) is 3.15. The van der Waals surface area contributed by atoms with E-state index in [1.165, 1.54) is 6.21 Å². The third-order valence-electron chi connectivity index (χ3n) is 4.42. The quantitative estimate of drug-likeness (QED) is 0.370. The summed E-state index contributed by atoms with van der Waals surface area (Å²) >= 11 is 0. The first-order chi connectivity index (χ1) is 14.4. The van der Waals surface area contributed by atoms with E-state index in [0.29, 0.717) is 11.3 Å². The number of carbonyl (C=O) groups excluding carboxylic acids is 3. The van der Waals surface area contributed by atoms with Gasteiger partial charge in [-0.25, -0.2) is 5.43 Å². The molecule has 0 aliphatic heterocycles. The molecular formula is C22H24N4O4. The molecule has 0 spiro atoms. The Hall–Kier alpha value is -3.68. The third kappa shape index (κ3) is 6.16. The van der Waals surface area contributed by atoms with E-state index in [2.05, 4.69) is 21.2 Å². The number of hydrogen-bond donors (Lipinski definition) is 3. The second kappa shape index (κ2) is 9.69. The molecule has 1 fully saturated rings. The Kier molecular flexibility index (Phi) is 6.79. The van der Waals surface area contributed by atoms with Crippen LogP contribution in [-0.4, -0.2) is 36.6 Å². The SMILES string of the molecule is Cc1ccc(NC(=O)COc2ccccc2/C=N\NC(=O)C(=O)NC2CC2)c(C)c1. The zero-order chi connectivity index (χ0) is 21.5. The minimum atomic E-state index is -0.829. The van der Waals surface area contributed by atoms with Crippen molar-refractivity contribution < 1.29 is 19.1 Å². The summed E-state index contributed by atoms with van der Waals surface area (Å²) < 4.78 is 5.61. The fourth-order valence-electron chi connectivity index (χ4n) is 2.69. The fraction of sp³-hybridized carbons (Fsp3) is 0.273. The lowest BCUT2D eigenvalue weighted by Crippen LogP contribution is -2.38. The molecule has 0 unspecified atom stereocenters. The summed E-state index contributed by atoms with van der Waals surface area (Å²) in [6, 6.07) is 12.8. The Labute approximate surface area is 174 Å². The van der Waals surface area contributed by atoms with Crippen molar-refractivity contribution in [1.29, 1.82) is 0 Å². The molecule has 1 saturated carbocycles. The molecule has 0 atom stereocenters. The summed E-state index contributed by atoms with van der Waals surface area (Å²) in [7, 11) is 0. The maximum atomic E-state index is 12.2. The van der Waals surface area contributed by atoms with Gasteiger partial charge in [0.1, 0.15) is 5.75 Å². The molecule has 0 bridgehead atoms. The van der Waals surface area contributed by atoms with E-state index in [1.807, 2.05) is 32.0 Å². The minimum absolute atomic E-state index is 0.0937. The molecule has 3 rings (SSSR count). The highest BCUT2D eigenvalue weighted by atomic mass is 16.5. The molecule has 156 valence electrons. The molecule has 0 heterocycles. The summed E-state index contributed by atoms with van der Waals surface area (Å²) in [4.78, 5) is 35.5. The molecule has 8 nitrogen and oxygen atoms in total. The predicted molar refractivity (Wildman–Crippen MR) is 113 cm³/mol. The zero-order valence-electron chi connectivity index (χ0n) is 16.9. The lowest BCUT2D eigenvalue weighted by atomic mass is 10.1. The summed E-state index contributed by atoms with van der Waals surface area (Å²) in [6.45, 7) is 3.73. The molecule has 2 aromatic carbocycles. The van der Waals surface area contributed by atoms with Gasteiger partial charge in [0.05, 0.1) is 6.21 Å². The van der Waals surface area contributed by atoms with Gasteiger partial charge >= 0.3 is 11.8 Å². The van der Waals surface area contributed by atoms with Crippen LogP contribution >= 0.6 is 0 Å². The van der Waals surface area contributed by atoms with Crippen LogP contribution in [0.4, 0.5) is 5.69 Å². The number of nitrogens with zero attached hydrogens (tertiary/aromatic N) is 1. The number of amides is 3. The van der Waals surface area contributed by atoms with Gasteiger partial charge in [0.25, 0.3) is 5.91 Å². The molecule has 0 radical (unpaired) electrons. The summed E-state index contributed by atoms with van der Waals surface area (Å²) in [5.74, 6) is -1.40. The Balaban J connectivity index is 1.53. The van der Waals surface area contributed by atoms with Crippen molar-refractivity contribution in [1.82, 2.24) is 10.7 Å². The number of anilines is 1. The Bertz CT molecular complexity index is 983. The predicted octanol–water partition coefficient (Wildman–Crippen LogP) is 2.05. The average Bonchev–Trinajstić information content (AvgIpc) is 3.53. The van der Waals surface area contributed by atoms with E-state index < -0.39 is 11.8 Å². The van der Waals surface area contributed by atoms with Crippen LogP contribution in [0.25, 0.3) is 0 Å². The van der Waals surface area contributed by atoms with E-state index in [0.717, 1.165) is 29.7 Å². The molecule has 3 N–H and O–H groups in total. The van der Waals surface area contributed by atoms with Gasteiger partial charge in [-0.05, 0) is 50.5 Å². The standard InChI is InChI=1S/C22H24N4O4/c1-14-7-10-18(15(2)11-14)25-20(27)13-30-19-6-4-3-5-16(19)12-23-26-22(29)21(28)24-17-8-9-17/h3-7,10-12,17H,8-9,13H2,1-2H3,(H,24,28)(H,25,27)(H,26,29)/b23-12-. The van der Waals surface area contributed by atoms with Gasteiger partial charge in [-0.15, -0.1) is 0 Å². The molecule has 30 heavy (non-hydrogen) atoms. The van der Waals surface area contributed by atoms with Crippen molar-refractivity contribution in [2.45, 2.75) is 32.7 Å². The highest BCUT2D eigenvalue weighted by Crippen LogP contribution is 2.19. The Morgan fingerprint density at radius 1 is 1.10 bits per heavy atom. The Morgan fingerprint density at radius 3 is 2.60 bits per heavy atom. The highest BCUT2D eigenvalue weighted by molar-refractivity contribution is 6.35. The maximum absolute atomic E-state index is 12.2. The maximum Gasteiger partial charge on any atom is 0.329 e. The van der Waals surface area contributed by atoms with Crippen LogP contribution in [-0.2, 0) is 14.4 Å². The molecule has 1 aliphatic carbocycles. The zero-order valence-corrected chi connectivity index (χ0v) is 16.9. The van der Waals surface area contributed by atoms with Crippen LogP contribution in [0, 0.1) is 13.8 Å². The second-order valence-corrected chi connectivity index (χ2v) is 7.14. The third-order valence-corrected chi connectivity index (χ3v) is 4.42. The van der Waals surface area contributed by atoms with Crippen molar-refractivity contribution in [2.75, 3.05) is 11.9 Å². The molecule has 1 aliphatic rings. The fourth-order valence-corrected chi connectivity index (χ4v) is 2.69. The van der Waals surface area contributed by atoms with Crippen LogP contribution in [0.3, 0.4) is 0 Å². The number of rotatable bonds is 7. The van der Waals surface area contributed by atoms with Crippen LogP contribution in [0.1, 0.15) is 29.5 Å². The topological polar surface area (TPSA) is 109 Å². The van der Waals surface area contributed by atoms with Crippen LogP contribution in [0.15, 0.2) is 47.6 Å². The lowest BCUT2D eigenvalue weighted by Gasteiger charge is -2.11. The first-order valence-corrected chi connectivity index (χ1v) is 9.65. The number of para-hydroxylation sites is 1. The lowest BCUT2D eigenvalue weighted by molar-refractivity contribution is -0.139. The number of nitrogens with one attached hydrogen (secondary N) is 3. The highest BCUT2D eigenvalue weighted by Gasteiger charge is 2.26. The van der Waals surface area contributed by atoms with Crippen molar-refractivity contribution in [2.24, 2.45) is 5.10 Å². The largest absolute Gasteiger partial charge is 0.483 e. The van der Waals surface area contributed by atoms with Gasteiger partial charge in [-0.2, -0.15) is 5.10 Å². The van der Waals surface area contributed by atoms with Crippen molar-refractivity contribution >= 4 is 29.6 Å². The number of hydrazone groups is 1. The molecule has 8 heteroatoms. The van der Waals surface area contributed by atoms with Crippen molar-refractivity contribution in [3.8, 4) is 5.75 Å². The number of aryl methyl sites for hydroxylation is 2. The van der Waals surface area contributed by atoms with Gasteiger partial charge in [0.15, 0.2) is 6.61 Å². The van der Waals surface area contributed by atoms with Gasteiger partial charge in [-0.1, -0.05) is 29.8 Å². The molecule has 2 aromatic rings. The smallest absolute Gasteiger partial charge is 0.329 e. The van der Waals surface area contributed by atoms with Gasteiger partial charge in [0.2, 0.25) is 0 Å². The Morgan fingerprint density at radius 2 is 1.87 bits per heavy atom. The van der Waals surface area contributed by atoms with E-state index in [-0.39, 0.29) is 18.6 Å². The molecular weight excluding hydrogens is 384 g/mol. The number of benzene rings is 2. The van der Waals surface area contributed by atoms with Crippen LogP contribution in [0.5, 0.6) is 5.75 Å². The number of ether oxygens (including phenoxy) is 1. The van der Waals surface area contributed by atoms with Gasteiger partial charge in [0, 0.05) is 17.3 Å². The second-order valence-electron chi connectivity index (χ2n) is 7.14. The van der Waals surface area contributed by atoms with E-state index in [1.54, 1.807) is 24.3 Å². The van der Waals surface area contributed by atoms with Gasteiger partial charge in [-0.3, -0.25) is 14.4 Å². The number of carbonyl (C=O) groups is 3. The van der Waals surface area contributed by atoms with Crippen LogP contribution < -0.4 is 20.8 Å². The first-order valence-electron chi connectivity index (χ1n) is 9.65. The monoisotopic (exact) mass is 408 g/mol. The first kappa shape index (κ1) is 21.0. The van der Waals surface area contributed by atoms with E-state index in [4.69, 9.17) is 4.74 Å². The normalized spacial score (nSPS) is 13.0. The summed E-state index contributed by atoms with van der Waals surface area (Å²) in [5, 5.41) is 9.20. The molecule has 0 saturated heterocycles. The molecule has 3 amide bonds. The van der Waals surface area contributed by atoms with E-state index in [9.17, 15) is 14.4 Å². The minimum Gasteiger partial charge on any atom is -0.483 e. The van der Waals surface area contributed by atoms with Crippen molar-refractivity contribution in [3.05, 3.63) is 59.2 Å². The summed E-state index contributed by atoms with van der Waals surface area (Å²) in [5.41, 5.74) is 5.56. The van der Waals surface area contributed by atoms with Crippen LogP contribution in [0.2, 0.25) is 0 Å². The van der Waals surface area contributed by atoms with E-state index >= 15 is 0 Å². The average molecular weight is 408 g/mol. The van der Waals surface area contributed by atoms with Gasteiger partial charge < -0.3 is 15.4 Å².